The number of rotatable bonds is 3. The zero-order valence-corrected chi connectivity index (χ0v) is 10.2. The predicted octanol–water partition coefficient (Wildman–Crippen LogP) is 1.36. The lowest BCUT2D eigenvalue weighted by atomic mass is 9.96. The zero-order chi connectivity index (χ0) is 12.5. The third-order valence-corrected chi connectivity index (χ3v) is 3.11. The van der Waals surface area contributed by atoms with Gasteiger partial charge in [-0.1, -0.05) is 18.2 Å². The van der Waals surface area contributed by atoms with Crippen molar-refractivity contribution in [2.45, 2.75) is 31.8 Å². The molecule has 0 spiro atoms. The van der Waals surface area contributed by atoms with Crippen LogP contribution in [0.5, 0.6) is 5.75 Å². The van der Waals surface area contributed by atoms with Gasteiger partial charge in [0.05, 0.1) is 12.1 Å². The van der Waals surface area contributed by atoms with E-state index in [-0.39, 0.29) is 11.9 Å². The third kappa shape index (κ3) is 2.42. The van der Waals surface area contributed by atoms with E-state index in [2.05, 4.69) is 5.32 Å². The molecule has 1 atom stereocenters. The fourth-order valence-electron chi connectivity index (χ4n) is 2.00. The number of amides is 1. The average molecular weight is 234 g/mol. The third-order valence-electron chi connectivity index (χ3n) is 3.11. The first-order chi connectivity index (χ1) is 8.00. The van der Waals surface area contributed by atoms with Crippen LogP contribution >= 0.6 is 0 Å². The van der Waals surface area contributed by atoms with Crippen molar-refractivity contribution >= 4 is 5.91 Å². The molecule has 1 unspecified atom stereocenters. The van der Waals surface area contributed by atoms with Crippen molar-refractivity contribution in [1.82, 2.24) is 5.32 Å². The van der Waals surface area contributed by atoms with Gasteiger partial charge in [-0.2, -0.15) is 0 Å². The summed E-state index contributed by atoms with van der Waals surface area (Å²) < 4.78 is 5.57. The summed E-state index contributed by atoms with van der Waals surface area (Å²) in [5.41, 5.74) is 5.75. The minimum atomic E-state index is -0.713. The second-order valence-corrected chi connectivity index (χ2v) is 4.86. The number of nitrogens with one attached hydrogen (secondary N) is 1. The molecule has 1 aromatic rings. The van der Waals surface area contributed by atoms with Crippen molar-refractivity contribution in [1.29, 1.82) is 0 Å². The summed E-state index contributed by atoms with van der Waals surface area (Å²) >= 11 is 0. The maximum atomic E-state index is 11.3. The summed E-state index contributed by atoms with van der Waals surface area (Å²) in [7, 11) is 0. The molecular formula is C13H18N2O2. The van der Waals surface area contributed by atoms with Crippen molar-refractivity contribution in [2.24, 2.45) is 5.73 Å². The van der Waals surface area contributed by atoms with Crippen molar-refractivity contribution < 1.29 is 9.53 Å². The Kier molecular flexibility index (Phi) is 3.07. The van der Waals surface area contributed by atoms with E-state index in [9.17, 15) is 4.79 Å². The minimum Gasteiger partial charge on any atom is -0.493 e. The fraction of sp³-hybridized carbons (Fsp3) is 0.462. The summed E-state index contributed by atoms with van der Waals surface area (Å²) in [5, 5.41) is 3.30. The molecule has 0 fully saturated rings. The van der Waals surface area contributed by atoms with Gasteiger partial charge in [-0.3, -0.25) is 10.1 Å². The van der Waals surface area contributed by atoms with Gasteiger partial charge in [0.15, 0.2) is 0 Å². The summed E-state index contributed by atoms with van der Waals surface area (Å²) in [6, 6.07) is 7.99. The van der Waals surface area contributed by atoms with Crippen LogP contribution in [0.15, 0.2) is 24.3 Å². The number of fused-ring (bicyclic) bond motifs is 1. The Morgan fingerprint density at radius 2 is 2.18 bits per heavy atom. The second kappa shape index (κ2) is 4.37. The SMILES string of the molecule is CC(C)(NC1CCOc2ccccc21)C(N)=O. The van der Waals surface area contributed by atoms with Gasteiger partial charge in [-0.15, -0.1) is 0 Å². The quantitative estimate of drug-likeness (QED) is 0.830. The topological polar surface area (TPSA) is 64.3 Å². The molecular weight excluding hydrogens is 216 g/mol. The standard InChI is InChI=1S/C13H18N2O2/c1-13(2,12(14)16)15-10-7-8-17-11-6-4-3-5-9(10)11/h3-6,10,15H,7-8H2,1-2H3,(H2,14,16). The Morgan fingerprint density at radius 3 is 2.88 bits per heavy atom. The van der Waals surface area contributed by atoms with E-state index in [1.54, 1.807) is 13.8 Å². The van der Waals surface area contributed by atoms with Gasteiger partial charge >= 0.3 is 0 Å². The Bertz CT molecular complexity index is 429. The van der Waals surface area contributed by atoms with Gasteiger partial charge in [0, 0.05) is 18.0 Å². The van der Waals surface area contributed by atoms with Crippen LogP contribution in [0.25, 0.3) is 0 Å². The summed E-state index contributed by atoms with van der Waals surface area (Å²) in [6.07, 6.45) is 0.841. The van der Waals surface area contributed by atoms with E-state index < -0.39 is 5.54 Å². The highest BCUT2D eigenvalue weighted by atomic mass is 16.5. The number of nitrogens with two attached hydrogens (primary N) is 1. The van der Waals surface area contributed by atoms with Crippen LogP contribution in [0.4, 0.5) is 0 Å². The lowest BCUT2D eigenvalue weighted by molar-refractivity contribution is -0.123. The molecule has 1 aliphatic rings. The van der Waals surface area contributed by atoms with Gasteiger partial charge in [0.1, 0.15) is 5.75 Å². The normalized spacial score (nSPS) is 19.3. The number of benzene rings is 1. The zero-order valence-electron chi connectivity index (χ0n) is 10.2. The van der Waals surface area contributed by atoms with Crippen molar-refractivity contribution in [3.63, 3.8) is 0 Å². The van der Waals surface area contributed by atoms with Crippen LogP contribution in [-0.2, 0) is 4.79 Å². The van der Waals surface area contributed by atoms with E-state index >= 15 is 0 Å². The monoisotopic (exact) mass is 234 g/mol. The summed E-state index contributed by atoms with van der Waals surface area (Å²) in [4.78, 5) is 11.3. The Morgan fingerprint density at radius 1 is 1.47 bits per heavy atom. The highest BCUT2D eigenvalue weighted by Crippen LogP contribution is 2.32. The van der Waals surface area contributed by atoms with Crippen LogP contribution in [-0.4, -0.2) is 18.1 Å². The number of carbonyl (C=O) groups is 1. The number of hydrogen-bond donors (Lipinski definition) is 2. The van der Waals surface area contributed by atoms with E-state index in [0.29, 0.717) is 6.61 Å². The van der Waals surface area contributed by atoms with Crippen molar-refractivity contribution in [3.8, 4) is 5.75 Å². The minimum absolute atomic E-state index is 0.113. The molecule has 1 amide bonds. The Hall–Kier alpha value is -1.55. The molecule has 0 radical (unpaired) electrons. The number of para-hydroxylation sites is 1. The summed E-state index contributed by atoms with van der Waals surface area (Å²) in [5.74, 6) is 0.540. The molecule has 4 heteroatoms. The molecule has 0 aromatic heterocycles. The lowest BCUT2D eigenvalue weighted by Gasteiger charge is -2.33. The highest BCUT2D eigenvalue weighted by Gasteiger charge is 2.31. The van der Waals surface area contributed by atoms with Crippen molar-refractivity contribution in [3.05, 3.63) is 29.8 Å². The smallest absolute Gasteiger partial charge is 0.237 e. The maximum absolute atomic E-state index is 11.3. The number of primary amides is 1. The fourth-order valence-corrected chi connectivity index (χ4v) is 2.00. The van der Waals surface area contributed by atoms with E-state index in [1.807, 2.05) is 24.3 Å². The largest absolute Gasteiger partial charge is 0.493 e. The van der Waals surface area contributed by atoms with Gasteiger partial charge < -0.3 is 10.5 Å². The van der Waals surface area contributed by atoms with Gasteiger partial charge in [0.2, 0.25) is 5.91 Å². The molecule has 0 bridgehead atoms. The molecule has 1 aliphatic heterocycles. The first-order valence-electron chi connectivity index (χ1n) is 5.80. The van der Waals surface area contributed by atoms with Crippen LogP contribution < -0.4 is 15.8 Å². The van der Waals surface area contributed by atoms with Crippen LogP contribution in [0.2, 0.25) is 0 Å². The van der Waals surface area contributed by atoms with Crippen LogP contribution in [0.1, 0.15) is 31.9 Å². The number of carbonyl (C=O) groups excluding carboxylic acids is 1. The predicted molar refractivity (Wildman–Crippen MR) is 65.7 cm³/mol. The highest BCUT2D eigenvalue weighted by molar-refractivity contribution is 5.83. The lowest BCUT2D eigenvalue weighted by Crippen LogP contribution is -2.52. The van der Waals surface area contributed by atoms with Gasteiger partial charge in [-0.05, 0) is 19.9 Å². The molecule has 4 nitrogen and oxygen atoms in total. The molecule has 3 N–H and O–H groups in total. The first kappa shape index (κ1) is 11.9. The Balaban J connectivity index is 2.22. The van der Waals surface area contributed by atoms with Crippen LogP contribution in [0.3, 0.4) is 0 Å². The molecule has 0 aliphatic carbocycles. The van der Waals surface area contributed by atoms with Gasteiger partial charge in [0.25, 0.3) is 0 Å². The van der Waals surface area contributed by atoms with E-state index in [0.717, 1.165) is 17.7 Å². The molecule has 0 saturated carbocycles. The van der Waals surface area contributed by atoms with E-state index in [1.165, 1.54) is 0 Å². The molecule has 1 aromatic carbocycles. The molecule has 0 saturated heterocycles. The van der Waals surface area contributed by atoms with Gasteiger partial charge in [-0.25, -0.2) is 0 Å². The second-order valence-electron chi connectivity index (χ2n) is 4.86. The Labute approximate surface area is 101 Å². The molecule has 2 rings (SSSR count). The molecule has 1 heterocycles. The first-order valence-corrected chi connectivity index (χ1v) is 5.80. The van der Waals surface area contributed by atoms with E-state index in [4.69, 9.17) is 10.5 Å². The average Bonchev–Trinajstić information content (AvgIpc) is 2.29. The van der Waals surface area contributed by atoms with Crippen molar-refractivity contribution in [2.75, 3.05) is 6.61 Å². The molecule has 92 valence electrons. The number of hydrogen-bond acceptors (Lipinski definition) is 3. The molecule has 17 heavy (non-hydrogen) atoms. The maximum Gasteiger partial charge on any atom is 0.237 e. The van der Waals surface area contributed by atoms with Crippen LogP contribution in [0, 0.1) is 0 Å². The number of ether oxygens (including phenoxy) is 1. The summed E-state index contributed by atoms with van der Waals surface area (Å²) in [6.45, 7) is 4.25.